The van der Waals surface area contributed by atoms with Crippen LogP contribution in [0.25, 0.3) is 0 Å². The van der Waals surface area contributed by atoms with Crippen LogP contribution in [0.1, 0.15) is 41.3 Å². The van der Waals surface area contributed by atoms with Crippen LogP contribution in [0.4, 0.5) is 18.9 Å². The van der Waals surface area contributed by atoms with Gasteiger partial charge in [-0.2, -0.15) is 13.2 Å². The minimum atomic E-state index is -4.43. The molecule has 1 amide bonds. The number of amides is 1. The molecule has 2 rings (SSSR count). The van der Waals surface area contributed by atoms with Crippen molar-refractivity contribution in [2.75, 3.05) is 11.6 Å². The first-order valence-corrected chi connectivity index (χ1v) is 10.6. The molecule has 28 heavy (non-hydrogen) atoms. The molecule has 0 saturated carbocycles. The van der Waals surface area contributed by atoms with Crippen LogP contribution in [-0.2, 0) is 0 Å². The van der Waals surface area contributed by atoms with Crippen LogP contribution in [0.2, 0.25) is 5.02 Å². The van der Waals surface area contributed by atoms with Crippen LogP contribution in [0.5, 0.6) is 5.75 Å². The number of rotatable bonds is 5. The molecule has 0 saturated heterocycles. The van der Waals surface area contributed by atoms with Crippen molar-refractivity contribution in [3.63, 3.8) is 0 Å². The van der Waals surface area contributed by atoms with Gasteiger partial charge in [0.15, 0.2) is 0 Å². The summed E-state index contributed by atoms with van der Waals surface area (Å²) in [7, 11) is 0. The van der Waals surface area contributed by atoms with Crippen molar-refractivity contribution in [2.45, 2.75) is 42.0 Å². The first kappa shape index (κ1) is 22.8. The number of hydrogen-bond acceptors (Lipinski definition) is 4. The highest BCUT2D eigenvalue weighted by Crippen LogP contribution is 2.40. The standard InChI is InChI=1S/C19H19ClF3NO2S2/c1-9(2)12-8-15(27-4)10(3)16(17(12)25)18(26)24-14-6-5-11(7-13(14)20)28-19(21,22)23/h5-9,25H,1-4H3,(H,24,26). The molecule has 2 N–H and O–H groups in total. The molecule has 0 aliphatic carbocycles. The van der Waals surface area contributed by atoms with Crippen molar-refractivity contribution in [1.29, 1.82) is 0 Å². The number of anilines is 1. The van der Waals surface area contributed by atoms with Gasteiger partial charge in [-0.3, -0.25) is 4.79 Å². The molecule has 9 heteroatoms. The molecule has 0 aliphatic heterocycles. The summed E-state index contributed by atoms with van der Waals surface area (Å²) < 4.78 is 37.5. The molecule has 0 bridgehead atoms. The van der Waals surface area contributed by atoms with Gasteiger partial charge in [-0.15, -0.1) is 11.8 Å². The maximum absolute atomic E-state index is 12.8. The first-order chi connectivity index (χ1) is 12.9. The number of alkyl halides is 3. The van der Waals surface area contributed by atoms with Gasteiger partial charge in [-0.05, 0) is 66.3 Å². The summed E-state index contributed by atoms with van der Waals surface area (Å²) in [5.74, 6) is -0.686. The summed E-state index contributed by atoms with van der Waals surface area (Å²) >= 11 is 7.22. The Morgan fingerprint density at radius 2 is 1.89 bits per heavy atom. The molecule has 0 unspecified atom stereocenters. The molecule has 0 radical (unpaired) electrons. The summed E-state index contributed by atoms with van der Waals surface area (Å²) in [6.45, 7) is 5.55. The van der Waals surface area contributed by atoms with Crippen molar-refractivity contribution < 1.29 is 23.1 Å². The fraction of sp³-hybridized carbons (Fsp3) is 0.316. The van der Waals surface area contributed by atoms with Crippen LogP contribution in [0.3, 0.4) is 0 Å². The van der Waals surface area contributed by atoms with E-state index in [2.05, 4.69) is 5.32 Å². The van der Waals surface area contributed by atoms with Gasteiger partial charge in [0, 0.05) is 9.79 Å². The summed E-state index contributed by atoms with van der Waals surface area (Å²) in [5.41, 5.74) is -2.88. The number of aromatic hydroxyl groups is 1. The van der Waals surface area contributed by atoms with E-state index in [4.69, 9.17) is 11.6 Å². The summed E-state index contributed by atoms with van der Waals surface area (Å²) in [4.78, 5) is 13.6. The molecule has 152 valence electrons. The van der Waals surface area contributed by atoms with Gasteiger partial charge in [-0.25, -0.2) is 0 Å². The summed E-state index contributed by atoms with van der Waals surface area (Å²) in [5, 5.41) is 13.2. The molecule has 0 aliphatic rings. The number of carbonyl (C=O) groups excluding carboxylic acids is 1. The van der Waals surface area contributed by atoms with Crippen LogP contribution < -0.4 is 5.32 Å². The number of nitrogens with one attached hydrogen (secondary N) is 1. The lowest BCUT2D eigenvalue weighted by molar-refractivity contribution is -0.0328. The Hall–Kier alpha value is -1.51. The second kappa shape index (κ2) is 8.88. The molecule has 0 fully saturated rings. The van der Waals surface area contributed by atoms with Gasteiger partial charge in [-0.1, -0.05) is 25.4 Å². The maximum atomic E-state index is 12.8. The first-order valence-electron chi connectivity index (χ1n) is 8.21. The van der Waals surface area contributed by atoms with Gasteiger partial charge in [0.1, 0.15) is 5.75 Å². The van der Waals surface area contributed by atoms with E-state index < -0.39 is 11.4 Å². The average Bonchev–Trinajstić information content (AvgIpc) is 2.56. The van der Waals surface area contributed by atoms with E-state index in [1.807, 2.05) is 26.2 Å². The van der Waals surface area contributed by atoms with E-state index >= 15 is 0 Å². The lowest BCUT2D eigenvalue weighted by Crippen LogP contribution is -2.15. The van der Waals surface area contributed by atoms with E-state index in [-0.39, 0.29) is 44.6 Å². The number of phenolic OH excluding ortho intramolecular Hbond substituents is 1. The van der Waals surface area contributed by atoms with Crippen molar-refractivity contribution >= 4 is 46.7 Å². The lowest BCUT2D eigenvalue weighted by atomic mass is 9.95. The Labute approximate surface area is 175 Å². The molecular formula is C19H19ClF3NO2S2. The van der Waals surface area contributed by atoms with Crippen molar-refractivity contribution in [2.24, 2.45) is 0 Å². The average molecular weight is 450 g/mol. The predicted octanol–water partition coefficient (Wildman–Crippen LogP) is 7.06. The maximum Gasteiger partial charge on any atom is 0.446 e. The normalized spacial score (nSPS) is 11.8. The van der Waals surface area contributed by atoms with Crippen molar-refractivity contribution in [3.05, 3.63) is 46.0 Å². The molecule has 0 atom stereocenters. The van der Waals surface area contributed by atoms with E-state index in [9.17, 15) is 23.1 Å². The quantitative estimate of drug-likeness (QED) is 0.479. The van der Waals surface area contributed by atoms with E-state index in [0.29, 0.717) is 11.1 Å². The SMILES string of the molecule is CSc1cc(C(C)C)c(O)c(C(=O)Nc2ccc(SC(F)(F)F)cc2Cl)c1C. The molecule has 3 nitrogen and oxygen atoms in total. The Bertz CT molecular complexity index is 902. The molecular weight excluding hydrogens is 431 g/mol. The minimum Gasteiger partial charge on any atom is -0.507 e. The molecule has 0 heterocycles. The van der Waals surface area contributed by atoms with Gasteiger partial charge >= 0.3 is 5.51 Å². The zero-order valence-corrected chi connectivity index (χ0v) is 18.0. The number of carbonyl (C=O) groups is 1. The zero-order valence-electron chi connectivity index (χ0n) is 15.6. The highest BCUT2D eigenvalue weighted by atomic mass is 35.5. The number of halogens is 4. The van der Waals surface area contributed by atoms with Crippen LogP contribution in [-0.4, -0.2) is 22.8 Å². The highest BCUT2D eigenvalue weighted by molar-refractivity contribution is 8.00. The third-order valence-corrected chi connectivity index (χ3v) is 5.93. The second-order valence-corrected chi connectivity index (χ2v) is 8.71. The third-order valence-electron chi connectivity index (χ3n) is 4.03. The number of thioether (sulfide) groups is 2. The fourth-order valence-corrected chi connectivity index (χ4v) is 4.20. The smallest absolute Gasteiger partial charge is 0.446 e. The summed E-state index contributed by atoms with van der Waals surface area (Å²) in [6.07, 6.45) is 1.87. The molecule has 2 aromatic carbocycles. The Kier molecular flexibility index (Phi) is 7.22. The van der Waals surface area contributed by atoms with Gasteiger partial charge in [0.25, 0.3) is 5.91 Å². The van der Waals surface area contributed by atoms with Gasteiger partial charge < -0.3 is 10.4 Å². The second-order valence-electron chi connectivity index (χ2n) is 6.31. The number of phenols is 1. The van der Waals surface area contributed by atoms with Crippen molar-refractivity contribution in [1.82, 2.24) is 0 Å². The predicted molar refractivity (Wildman–Crippen MR) is 110 cm³/mol. The highest BCUT2D eigenvalue weighted by Gasteiger charge is 2.29. The van der Waals surface area contributed by atoms with Gasteiger partial charge in [0.2, 0.25) is 0 Å². The number of hydrogen-bond donors (Lipinski definition) is 2. The molecule has 0 spiro atoms. The van der Waals surface area contributed by atoms with E-state index in [1.54, 1.807) is 6.92 Å². The summed E-state index contributed by atoms with van der Waals surface area (Å²) in [6, 6.07) is 5.53. The molecule has 0 aromatic heterocycles. The fourth-order valence-electron chi connectivity index (χ4n) is 2.67. The third kappa shape index (κ3) is 5.30. The Morgan fingerprint density at radius 1 is 1.25 bits per heavy atom. The Morgan fingerprint density at radius 3 is 2.39 bits per heavy atom. The molecule has 2 aromatic rings. The van der Waals surface area contributed by atoms with Gasteiger partial charge in [0.05, 0.1) is 16.3 Å². The minimum absolute atomic E-state index is 0.000291. The van der Waals surface area contributed by atoms with Crippen LogP contribution >= 0.6 is 35.1 Å². The topological polar surface area (TPSA) is 49.3 Å². The van der Waals surface area contributed by atoms with Crippen LogP contribution in [0.15, 0.2) is 34.1 Å². The number of benzene rings is 2. The largest absolute Gasteiger partial charge is 0.507 e. The van der Waals surface area contributed by atoms with Crippen LogP contribution in [0, 0.1) is 6.92 Å². The van der Waals surface area contributed by atoms with Crippen molar-refractivity contribution in [3.8, 4) is 5.75 Å². The lowest BCUT2D eigenvalue weighted by Gasteiger charge is -2.18. The van der Waals surface area contributed by atoms with E-state index in [0.717, 1.165) is 11.0 Å². The van der Waals surface area contributed by atoms with E-state index in [1.165, 1.54) is 23.9 Å². The monoisotopic (exact) mass is 449 g/mol. The Balaban J connectivity index is 2.39. The zero-order chi connectivity index (χ0) is 21.2.